The Morgan fingerprint density at radius 1 is 1.37 bits per heavy atom. The first kappa shape index (κ1) is 15.5. The van der Waals surface area contributed by atoms with Crippen molar-refractivity contribution in [3.05, 3.63) is 11.6 Å². The summed E-state index contributed by atoms with van der Waals surface area (Å²) in [5, 5.41) is 6.17. The summed E-state index contributed by atoms with van der Waals surface area (Å²) >= 11 is 0. The van der Waals surface area contributed by atoms with Crippen LogP contribution in [0, 0.1) is 0 Å². The van der Waals surface area contributed by atoms with Crippen molar-refractivity contribution in [1.29, 1.82) is 0 Å². The molecule has 0 unspecified atom stereocenters. The number of rotatable bonds is 6. The molecule has 0 atom stereocenters. The van der Waals surface area contributed by atoms with Crippen LogP contribution >= 0.6 is 0 Å². The third kappa shape index (κ3) is 4.88. The third-order valence-electron chi connectivity index (χ3n) is 2.50. The normalized spacial score (nSPS) is 11.6. The van der Waals surface area contributed by atoms with Gasteiger partial charge in [-0.05, 0) is 6.42 Å². The van der Waals surface area contributed by atoms with E-state index in [0.29, 0.717) is 25.1 Å². The van der Waals surface area contributed by atoms with Crippen molar-refractivity contribution in [1.82, 2.24) is 20.1 Å². The molecule has 0 spiro atoms. The summed E-state index contributed by atoms with van der Waals surface area (Å²) in [4.78, 5) is 16.5. The van der Waals surface area contributed by atoms with E-state index in [4.69, 9.17) is 0 Å². The highest BCUT2D eigenvalue weighted by atomic mass is 19.4. The van der Waals surface area contributed by atoms with Crippen molar-refractivity contribution in [3.8, 4) is 0 Å². The smallest absolute Gasteiger partial charge is 0.327 e. The maximum Gasteiger partial charge on any atom is 0.406 e. The standard InChI is InChI=1S/C11H17F3N4O/c1-3-5-6-18(7-11(12,13)14)10(19)9-15-8(4-2)16-17-9/h3-7H2,1-2H3,(H,15,16,17). The maximum atomic E-state index is 12.4. The molecule has 0 aliphatic carbocycles. The summed E-state index contributed by atoms with van der Waals surface area (Å²) in [6, 6.07) is 0. The number of carbonyl (C=O) groups excluding carboxylic acids is 1. The fourth-order valence-electron chi connectivity index (χ4n) is 1.51. The van der Waals surface area contributed by atoms with E-state index in [1.165, 1.54) is 0 Å². The Hall–Kier alpha value is -1.60. The minimum absolute atomic E-state index is 0.0465. The Morgan fingerprint density at radius 3 is 2.53 bits per heavy atom. The van der Waals surface area contributed by atoms with Gasteiger partial charge in [-0.25, -0.2) is 4.98 Å². The minimum atomic E-state index is -4.42. The lowest BCUT2D eigenvalue weighted by atomic mass is 10.3. The number of amides is 1. The molecule has 0 radical (unpaired) electrons. The molecule has 19 heavy (non-hydrogen) atoms. The summed E-state index contributed by atoms with van der Waals surface area (Å²) in [7, 11) is 0. The zero-order valence-electron chi connectivity index (χ0n) is 10.9. The van der Waals surface area contributed by atoms with E-state index in [1.807, 2.05) is 6.92 Å². The van der Waals surface area contributed by atoms with Crippen LogP contribution < -0.4 is 0 Å². The van der Waals surface area contributed by atoms with Gasteiger partial charge in [0.1, 0.15) is 12.4 Å². The molecule has 0 fully saturated rings. The Bertz CT molecular complexity index is 416. The molecule has 1 aromatic rings. The zero-order chi connectivity index (χ0) is 14.5. The van der Waals surface area contributed by atoms with Gasteiger partial charge in [0.2, 0.25) is 5.82 Å². The van der Waals surface area contributed by atoms with E-state index in [9.17, 15) is 18.0 Å². The number of hydrogen-bond acceptors (Lipinski definition) is 3. The van der Waals surface area contributed by atoms with Gasteiger partial charge >= 0.3 is 6.18 Å². The highest BCUT2D eigenvalue weighted by molar-refractivity contribution is 5.90. The molecule has 5 nitrogen and oxygen atoms in total. The van der Waals surface area contributed by atoms with Crippen molar-refractivity contribution in [3.63, 3.8) is 0 Å². The number of alkyl halides is 3. The second-order valence-electron chi connectivity index (χ2n) is 4.15. The second-order valence-corrected chi connectivity index (χ2v) is 4.15. The Balaban J connectivity index is 2.80. The number of nitrogens with zero attached hydrogens (tertiary/aromatic N) is 3. The SMILES string of the molecule is CCCCN(CC(F)(F)F)C(=O)c1n[nH]c(CC)n1. The quantitative estimate of drug-likeness (QED) is 0.867. The lowest BCUT2D eigenvalue weighted by Crippen LogP contribution is -2.40. The predicted molar refractivity (Wildman–Crippen MR) is 62.6 cm³/mol. The van der Waals surface area contributed by atoms with Crippen LogP contribution in [0.1, 0.15) is 43.1 Å². The van der Waals surface area contributed by atoms with E-state index in [1.54, 1.807) is 6.92 Å². The van der Waals surface area contributed by atoms with Gasteiger partial charge in [0.15, 0.2) is 0 Å². The highest BCUT2D eigenvalue weighted by Gasteiger charge is 2.34. The molecule has 0 saturated heterocycles. The van der Waals surface area contributed by atoms with Crippen LogP contribution in [0.2, 0.25) is 0 Å². The largest absolute Gasteiger partial charge is 0.406 e. The third-order valence-corrected chi connectivity index (χ3v) is 2.50. The average Bonchev–Trinajstić information content (AvgIpc) is 2.80. The monoisotopic (exact) mass is 278 g/mol. The summed E-state index contributed by atoms with van der Waals surface area (Å²) in [5.41, 5.74) is 0. The molecule has 1 heterocycles. The van der Waals surface area contributed by atoms with Gasteiger partial charge in [0.05, 0.1) is 0 Å². The van der Waals surface area contributed by atoms with Crippen LogP contribution in [0.4, 0.5) is 13.2 Å². The van der Waals surface area contributed by atoms with Gasteiger partial charge in [0, 0.05) is 13.0 Å². The van der Waals surface area contributed by atoms with E-state index in [-0.39, 0.29) is 12.4 Å². The van der Waals surface area contributed by atoms with E-state index in [0.717, 1.165) is 4.90 Å². The molecule has 1 amide bonds. The molecular weight excluding hydrogens is 261 g/mol. The van der Waals surface area contributed by atoms with Gasteiger partial charge in [-0.15, -0.1) is 5.10 Å². The summed E-state index contributed by atoms with van der Waals surface area (Å²) in [6.45, 7) is 2.42. The Kier molecular flexibility index (Phi) is 5.31. The molecule has 1 rings (SSSR count). The first-order valence-corrected chi connectivity index (χ1v) is 6.14. The van der Waals surface area contributed by atoms with Crippen molar-refractivity contribution in [2.75, 3.05) is 13.1 Å². The van der Waals surface area contributed by atoms with Crippen molar-refractivity contribution >= 4 is 5.91 Å². The lowest BCUT2D eigenvalue weighted by molar-refractivity contribution is -0.140. The molecule has 8 heteroatoms. The number of hydrogen-bond donors (Lipinski definition) is 1. The number of halogens is 3. The Labute approximate surface area is 109 Å². The number of H-pyrrole nitrogens is 1. The number of unbranched alkanes of at least 4 members (excludes halogenated alkanes) is 1. The first-order valence-electron chi connectivity index (χ1n) is 6.14. The van der Waals surface area contributed by atoms with Gasteiger partial charge in [0.25, 0.3) is 5.91 Å². The van der Waals surface area contributed by atoms with E-state index in [2.05, 4.69) is 15.2 Å². The van der Waals surface area contributed by atoms with Crippen LogP contribution in [0.25, 0.3) is 0 Å². The molecule has 0 aliphatic heterocycles. The molecular formula is C11H17F3N4O. The molecule has 0 aliphatic rings. The van der Waals surface area contributed by atoms with Crippen LogP contribution in [0.15, 0.2) is 0 Å². The van der Waals surface area contributed by atoms with Crippen molar-refractivity contribution < 1.29 is 18.0 Å². The minimum Gasteiger partial charge on any atom is -0.327 e. The molecule has 0 saturated carbocycles. The predicted octanol–water partition coefficient (Wildman–Crippen LogP) is 2.17. The van der Waals surface area contributed by atoms with Crippen LogP contribution in [-0.4, -0.2) is 45.3 Å². The average molecular weight is 278 g/mol. The number of aromatic nitrogens is 3. The number of carbonyl (C=O) groups is 1. The fraction of sp³-hybridized carbons (Fsp3) is 0.727. The van der Waals surface area contributed by atoms with Crippen LogP contribution in [0.3, 0.4) is 0 Å². The Morgan fingerprint density at radius 2 is 2.05 bits per heavy atom. The second kappa shape index (κ2) is 6.53. The molecule has 1 N–H and O–H groups in total. The summed E-state index contributed by atoms with van der Waals surface area (Å²) in [6.07, 6.45) is -2.68. The van der Waals surface area contributed by atoms with Gasteiger partial charge in [-0.2, -0.15) is 13.2 Å². The van der Waals surface area contributed by atoms with Crippen LogP contribution in [-0.2, 0) is 6.42 Å². The van der Waals surface area contributed by atoms with Gasteiger partial charge < -0.3 is 4.90 Å². The molecule has 0 aromatic carbocycles. The number of aromatic amines is 1. The highest BCUT2D eigenvalue weighted by Crippen LogP contribution is 2.18. The lowest BCUT2D eigenvalue weighted by Gasteiger charge is -2.22. The summed E-state index contributed by atoms with van der Waals surface area (Å²) in [5.74, 6) is -0.523. The van der Waals surface area contributed by atoms with Crippen molar-refractivity contribution in [2.45, 2.75) is 39.3 Å². The zero-order valence-corrected chi connectivity index (χ0v) is 10.9. The number of aryl methyl sites for hydroxylation is 1. The fourth-order valence-corrected chi connectivity index (χ4v) is 1.51. The van der Waals surface area contributed by atoms with Gasteiger partial charge in [-0.1, -0.05) is 20.3 Å². The first-order chi connectivity index (χ1) is 8.87. The molecule has 108 valence electrons. The summed E-state index contributed by atoms with van der Waals surface area (Å²) < 4.78 is 37.3. The topological polar surface area (TPSA) is 61.9 Å². The maximum absolute atomic E-state index is 12.4. The number of nitrogens with one attached hydrogen (secondary N) is 1. The molecule has 0 bridgehead atoms. The van der Waals surface area contributed by atoms with Crippen LogP contribution in [0.5, 0.6) is 0 Å². The van der Waals surface area contributed by atoms with E-state index < -0.39 is 18.6 Å². The van der Waals surface area contributed by atoms with E-state index >= 15 is 0 Å². The molecule has 1 aromatic heterocycles. The van der Waals surface area contributed by atoms with Crippen molar-refractivity contribution in [2.24, 2.45) is 0 Å². The van der Waals surface area contributed by atoms with Gasteiger partial charge in [-0.3, -0.25) is 9.89 Å².